The Balaban J connectivity index is 1.74. The molecule has 1 aliphatic rings. The lowest BCUT2D eigenvalue weighted by Gasteiger charge is -2.16. The maximum Gasteiger partial charge on any atom is 0.321 e. The zero-order valence-electron chi connectivity index (χ0n) is 12.7. The summed E-state index contributed by atoms with van der Waals surface area (Å²) in [4.78, 5) is 14.6. The summed E-state index contributed by atoms with van der Waals surface area (Å²) in [5.41, 5.74) is 1.07. The van der Waals surface area contributed by atoms with Crippen LogP contribution in [0.25, 0.3) is 0 Å². The fraction of sp³-hybridized carbons (Fsp3) is 0.250. The molecular weight excluding hydrogens is 346 g/mol. The van der Waals surface area contributed by atoms with Gasteiger partial charge in [0.2, 0.25) is 0 Å². The van der Waals surface area contributed by atoms with E-state index < -0.39 is 0 Å². The van der Waals surface area contributed by atoms with Crippen LogP contribution >= 0.6 is 23.4 Å². The Morgan fingerprint density at radius 3 is 2.71 bits per heavy atom. The van der Waals surface area contributed by atoms with Crippen molar-refractivity contribution in [1.29, 1.82) is 5.26 Å². The topological polar surface area (TPSA) is 81.9 Å². The van der Waals surface area contributed by atoms with E-state index in [0.717, 1.165) is 30.8 Å². The monoisotopic (exact) mass is 359 g/mol. The third-order valence-corrected chi connectivity index (χ3v) is 4.77. The van der Waals surface area contributed by atoms with E-state index in [2.05, 4.69) is 21.6 Å². The summed E-state index contributed by atoms with van der Waals surface area (Å²) in [6.07, 6.45) is 2.07. The summed E-state index contributed by atoms with van der Waals surface area (Å²) in [6.45, 7) is 1.56. The van der Waals surface area contributed by atoms with E-state index in [1.165, 1.54) is 11.8 Å². The molecule has 0 radical (unpaired) electrons. The molecule has 2 amide bonds. The third kappa shape index (κ3) is 3.96. The number of likely N-dealkylation sites (tertiary alicyclic amines) is 1. The second-order valence-electron chi connectivity index (χ2n) is 5.24. The van der Waals surface area contributed by atoms with Crippen molar-refractivity contribution >= 4 is 35.1 Å². The minimum Gasteiger partial charge on any atom is -0.325 e. The predicted molar refractivity (Wildman–Crippen MR) is 92.1 cm³/mol. The molecule has 24 heavy (non-hydrogen) atoms. The number of nitrogens with one attached hydrogen (secondary N) is 1. The number of carbonyl (C=O) groups is 1. The van der Waals surface area contributed by atoms with Crippen molar-refractivity contribution in [3.63, 3.8) is 0 Å². The summed E-state index contributed by atoms with van der Waals surface area (Å²) in [7, 11) is 0. The Morgan fingerprint density at radius 1 is 1.25 bits per heavy atom. The van der Waals surface area contributed by atoms with Crippen molar-refractivity contribution < 1.29 is 4.79 Å². The molecule has 2 aromatic rings. The van der Waals surface area contributed by atoms with E-state index >= 15 is 0 Å². The second kappa shape index (κ2) is 7.51. The lowest BCUT2D eigenvalue weighted by atomic mass is 10.2. The first-order chi connectivity index (χ1) is 11.7. The van der Waals surface area contributed by atoms with E-state index in [0.29, 0.717) is 21.4 Å². The van der Waals surface area contributed by atoms with E-state index in [1.807, 2.05) is 0 Å². The number of anilines is 1. The summed E-state index contributed by atoms with van der Waals surface area (Å²) >= 11 is 7.04. The van der Waals surface area contributed by atoms with E-state index in [9.17, 15) is 10.1 Å². The Kier molecular flexibility index (Phi) is 5.18. The van der Waals surface area contributed by atoms with Gasteiger partial charge < -0.3 is 10.2 Å². The normalized spacial score (nSPS) is 13.6. The number of rotatable bonds is 3. The highest BCUT2D eigenvalue weighted by atomic mass is 35.5. The molecule has 0 unspecified atom stereocenters. The number of amides is 2. The van der Waals surface area contributed by atoms with Gasteiger partial charge in [-0.25, -0.2) is 4.79 Å². The van der Waals surface area contributed by atoms with Gasteiger partial charge in [0.25, 0.3) is 0 Å². The fourth-order valence-electron chi connectivity index (χ4n) is 2.38. The minimum atomic E-state index is -0.125. The molecule has 0 aliphatic carbocycles. The van der Waals surface area contributed by atoms with Crippen LogP contribution in [0.1, 0.15) is 18.4 Å². The van der Waals surface area contributed by atoms with Gasteiger partial charge in [-0.15, -0.1) is 10.2 Å². The number of nitrogens with zero attached hydrogens (tertiary/aromatic N) is 4. The second-order valence-corrected chi connectivity index (χ2v) is 6.69. The molecule has 1 N–H and O–H groups in total. The van der Waals surface area contributed by atoms with Crippen LogP contribution in [-0.2, 0) is 0 Å². The summed E-state index contributed by atoms with van der Waals surface area (Å²) in [5.74, 6) is 0. The Morgan fingerprint density at radius 2 is 2.04 bits per heavy atom. The Bertz CT molecular complexity index is 784. The zero-order valence-corrected chi connectivity index (χ0v) is 14.3. The van der Waals surface area contributed by atoms with Gasteiger partial charge in [0.05, 0.1) is 5.56 Å². The molecule has 3 rings (SSSR count). The average molecular weight is 360 g/mol. The van der Waals surface area contributed by atoms with Gasteiger partial charge in [0, 0.05) is 23.7 Å². The van der Waals surface area contributed by atoms with Crippen molar-refractivity contribution in [2.45, 2.75) is 22.8 Å². The van der Waals surface area contributed by atoms with Crippen LogP contribution in [0.15, 0.2) is 40.3 Å². The van der Waals surface area contributed by atoms with Gasteiger partial charge in [-0.3, -0.25) is 0 Å². The highest BCUT2D eigenvalue weighted by Crippen LogP contribution is 2.30. The number of carbonyl (C=O) groups excluding carboxylic acids is 1. The van der Waals surface area contributed by atoms with Crippen LogP contribution < -0.4 is 5.32 Å². The summed E-state index contributed by atoms with van der Waals surface area (Å²) in [5, 5.41) is 20.9. The van der Waals surface area contributed by atoms with Crippen molar-refractivity contribution in [1.82, 2.24) is 15.1 Å². The summed E-state index contributed by atoms with van der Waals surface area (Å²) in [6, 6.07) is 10.6. The SMILES string of the molecule is N#Cc1cc(NC(=O)N2CCCC2)ccc1Sc1ccc(Cl)nn1. The van der Waals surface area contributed by atoms with Crippen molar-refractivity contribution in [3.05, 3.63) is 41.0 Å². The van der Waals surface area contributed by atoms with Crippen LogP contribution in [0.3, 0.4) is 0 Å². The van der Waals surface area contributed by atoms with E-state index in [1.54, 1.807) is 35.2 Å². The molecule has 1 aromatic carbocycles. The number of urea groups is 1. The smallest absolute Gasteiger partial charge is 0.321 e. The number of halogens is 1. The predicted octanol–water partition coefficient (Wildman–Crippen LogP) is 3.78. The van der Waals surface area contributed by atoms with Gasteiger partial charge in [-0.1, -0.05) is 23.4 Å². The Labute approximate surface area is 148 Å². The molecular formula is C16H14ClN5OS. The van der Waals surface area contributed by atoms with Gasteiger partial charge in [0.15, 0.2) is 5.15 Å². The molecule has 0 spiro atoms. The third-order valence-electron chi connectivity index (χ3n) is 3.57. The molecule has 0 saturated carbocycles. The first-order valence-corrected chi connectivity index (χ1v) is 8.62. The van der Waals surface area contributed by atoms with Crippen LogP contribution in [0.5, 0.6) is 0 Å². The fourth-order valence-corrected chi connectivity index (χ4v) is 3.27. The lowest BCUT2D eigenvalue weighted by Crippen LogP contribution is -2.32. The van der Waals surface area contributed by atoms with Gasteiger partial charge in [-0.2, -0.15) is 5.26 Å². The van der Waals surface area contributed by atoms with Crippen LogP contribution in [0, 0.1) is 11.3 Å². The average Bonchev–Trinajstić information content (AvgIpc) is 3.13. The minimum absolute atomic E-state index is 0.125. The van der Waals surface area contributed by atoms with Crippen LogP contribution in [0.4, 0.5) is 10.5 Å². The molecule has 1 aliphatic heterocycles. The molecule has 2 heterocycles. The van der Waals surface area contributed by atoms with E-state index in [4.69, 9.17) is 11.6 Å². The van der Waals surface area contributed by atoms with E-state index in [-0.39, 0.29) is 6.03 Å². The van der Waals surface area contributed by atoms with Crippen LogP contribution in [-0.4, -0.2) is 34.2 Å². The number of hydrogen-bond acceptors (Lipinski definition) is 5. The molecule has 6 nitrogen and oxygen atoms in total. The molecule has 0 atom stereocenters. The number of benzene rings is 1. The number of hydrogen-bond donors (Lipinski definition) is 1. The highest BCUT2D eigenvalue weighted by molar-refractivity contribution is 7.99. The van der Waals surface area contributed by atoms with Gasteiger partial charge in [-0.05, 0) is 43.2 Å². The molecule has 0 bridgehead atoms. The summed E-state index contributed by atoms with van der Waals surface area (Å²) < 4.78 is 0. The van der Waals surface area contributed by atoms with Gasteiger partial charge in [0.1, 0.15) is 11.1 Å². The number of aromatic nitrogens is 2. The standard InChI is InChI=1S/C16H14ClN5OS/c17-14-5-6-15(21-20-14)24-13-4-3-12(9-11(13)10-18)19-16(23)22-7-1-2-8-22/h3-6,9H,1-2,7-8H2,(H,19,23). The van der Waals surface area contributed by atoms with Crippen molar-refractivity contribution in [2.75, 3.05) is 18.4 Å². The molecule has 122 valence electrons. The zero-order chi connectivity index (χ0) is 16.9. The molecule has 1 saturated heterocycles. The largest absolute Gasteiger partial charge is 0.325 e. The highest BCUT2D eigenvalue weighted by Gasteiger charge is 2.18. The molecule has 1 fully saturated rings. The lowest BCUT2D eigenvalue weighted by molar-refractivity contribution is 0.222. The molecule has 8 heteroatoms. The van der Waals surface area contributed by atoms with Gasteiger partial charge >= 0.3 is 6.03 Å². The van der Waals surface area contributed by atoms with Crippen molar-refractivity contribution in [3.8, 4) is 6.07 Å². The van der Waals surface area contributed by atoms with Crippen molar-refractivity contribution in [2.24, 2.45) is 0 Å². The molecule has 1 aromatic heterocycles. The first kappa shape index (κ1) is 16.6. The van der Waals surface area contributed by atoms with Crippen LogP contribution in [0.2, 0.25) is 5.15 Å². The first-order valence-electron chi connectivity index (χ1n) is 7.43. The quantitative estimate of drug-likeness (QED) is 0.901. The maximum absolute atomic E-state index is 12.1. The maximum atomic E-state index is 12.1. The Hall–Kier alpha value is -2.30. The number of nitriles is 1.